The third-order valence-corrected chi connectivity index (χ3v) is 5.32. The molecule has 0 fully saturated rings. The fourth-order valence-corrected chi connectivity index (χ4v) is 3.69. The molecule has 0 aliphatic carbocycles. The topological polar surface area (TPSA) is 17.1 Å². The van der Waals surface area contributed by atoms with E-state index in [1.54, 1.807) is 6.08 Å². The maximum absolute atomic E-state index is 11.6. The van der Waals surface area contributed by atoms with Crippen LogP contribution in [0, 0.1) is 0 Å². The molecule has 0 aliphatic heterocycles. The van der Waals surface area contributed by atoms with Gasteiger partial charge in [0.1, 0.15) is 0 Å². The number of carbonyl (C=O) groups excluding carboxylic acids is 1. The van der Waals surface area contributed by atoms with Crippen LogP contribution in [0.3, 0.4) is 0 Å². The van der Waals surface area contributed by atoms with E-state index in [0.29, 0.717) is 14.5 Å². The first-order valence-electron chi connectivity index (χ1n) is 4.16. The number of hydrogen-bond acceptors (Lipinski definition) is 1. The molecule has 1 nitrogen and oxygen atoms in total. The van der Waals surface area contributed by atoms with Gasteiger partial charge in [-0.05, 0) is 0 Å². The summed E-state index contributed by atoms with van der Waals surface area (Å²) in [7, 11) is 0. The van der Waals surface area contributed by atoms with E-state index < -0.39 is 0 Å². The van der Waals surface area contributed by atoms with E-state index in [4.69, 9.17) is 0 Å². The van der Waals surface area contributed by atoms with Gasteiger partial charge >= 0.3 is 94.8 Å². The van der Waals surface area contributed by atoms with Crippen molar-refractivity contribution >= 4 is 40.9 Å². The third-order valence-electron chi connectivity index (χ3n) is 1.71. The molecule has 0 bridgehead atoms. The van der Waals surface area contributed by atoms with Gasteiger partial charge in [-0.3, -0.25) is 0 Å². The zero-order chi connectivity index (χ0) is 9.80. The summed E-state index contributed by atoms with van der Waals surface area (Å²) >= 11 is 0.694. The number of allylic oxidation sites excluding steroid dienone is 1. The summed E-state index contributed by atoms with van der Waals surface area (Å²) in [4.78, 5) is 15.8. The van der Waals surface area contributed by atoms with Gasteiger partial charge in [-0.1, -0.05) is 0 Å². The van der Waals surface area contributed by atoms with Gasteiger partial charge in [0.2, 0.25) is 0 Å². The molecule has 0 aromatic carbocycles. The van der Waals surface area contributed by atoms with Gasteiger partial charge in [-0.2, -0.15) is 0 Å². The van der Waals surface area contributed by atoms with Crippen molar-refractivity contribution in [3.63, 3.8) is 0 Å². The van der Waals surface area contributed by atoms with E-state index in [-0.39, 0.29) is 20.3 Å². The van der Waals surface area contributed by atoms with E-state index >= 15 is 0 Å². The van der Waals surface area contributed by atoms with Gasteiger partial charge in [0.15, 0.2) is 0 Å². The van der Waals surface area contributed by atoms with E-state index in [1.807, 2.05) is 24.3 Å². The molecule has 0 aliphatic rings. The Morgan fingerprint density at radius 3 is 2.57 bits per heavy atom. The predicted molar refractivity (Wildman–Crippen MR) is 60.1 cm³/mol. The van der Waals surface area contributed by atoms with Crippen molar-refractivity contribution in [2.45, 2.75) is 0 Å². The van der Waals surface area contributed by atoms with Crippen molar-refractivity contribution in [2.75, 3.05) is 0 Å². The molecular formula is C11H8OSe2. The van der Waals surface area contributed by atoms with Crippen molar-refractivity contribution in [1.82, 2.24) is 0 Å². The predicted octanol–water partition coefficient (Wildman–Crippen LogP) is 1.70. The van der Waals surface area contributed by atoms with Crippen LogP contribution in [-0.4, -0.2) is 34.8 Å². The molecule has 0 saturated heterocycles. The van der Waals surface area contributed by atoms with Gasteiger partial charge in [0.05, 0.1) is 0 Å². The van der Waals surface area contributed by atoms with Crippen molar-refractivity contribution < 1.29 is 4.79 Å². The molecule has 2 aromatic rings. The second-order valence-corrected chi connectivity index (χ2v) is 6.73. The maximum atomic E-state index is 11.6. The summed E-state index contributed by atoms with van der Waals surface area (Å²) in [6.07, 6.45) is 3.64. The molecular weight excluding hydrogens is 306 g/mol. The molecule has 0 radical (unpaired) electrons. The van der Waals surface area contributed by atoms with Gasteiger partial charge in [-0.25, -0.2) is 0 Å². The minimum absolute atomic E-state index is 0.165. The Bertz CT molecular complexity index is 424. The summed E-state index contributed by atoms with van der Waals surface area (Å²) in [5.74, 6) is 0.165. The molecule has 2 rings (SSSR count). The summed E-state index contributed by atoms with van der Waals surface area (Å²) in [6.45, 7) is 0. The van der Waals surface area contributed by atoms with Crippen molar-refractivity contribution in [3.8, 4) is 0 Å². The van der Waals surface area contributed by atoms with Crippen LogP contribution in [0.4, 0.5) is 0 Å². The van der Waals surface area contributed by atoms with Crippen LogP contribution in [0.15, 0.2) is 40.2 Å². The second-order valence-electron chi connectivity index (χ2n) is 2.69. The van der Waals surface area contributed by atoms with Crippen LogP contribution in [-0.2, 0) is 0 Å². The third kappa shape index (κ3) is 2.46. The Kier molecular flexibility index (Phi) is 3.39. The second kappa shape index (κ2) is 4.77. The van der Waals surface area contributed by atoms with Crippen molar-refractivity contribution in [1.29, 1.82) is 0 Å². The number of carbonyl (C=O) groups is 1. The molecule has 2 aromatic heterocycles. The molecule has 0 atom stereocenters. The summed E-state index contributed by atoms with van der Waals surface area (Å²) in [5, 5.41) is 0. The molecule has 70 valence electrons. The van der Waals surface area contributed by atoms with E-state index in [0.717, 1.165) is 4.44 Å². The number of ketones is 1. The molecule has 0 spiro atoms. The van der Waals surface area contributed by atoms with E-state index in [2.05, 4.69) is 15.9 Å². The molecule has 0 amide bonds. The fraction of sp³-hybridized carbons (Fsp3) is 0. The molecule has 0 N–H and O–H groups in total. The summed E-state index contributed by atoms with van der Waals surface area (Å²) < 4.78 is 2.22. The fourth-order valence-electron chi connectivity index (χ4n) is 1.04. The van der Waals surface area contributed by atoms with Crippen LogP contribution in [0.5, 0.6) is 0 Å². The minimum atomic E-state index is 0.165. The summed E-state index contributed by atoms with van der Waals surface area (Å²) in [6, 6.07) is 7.99. The standard InChI is InChI=1S/C11H8OSe2/c12-10(11-4-2-8-14-11)6-5-9-3-1-7-13-9/h1-8H/b6-5+. The molecule has 0 saturated carbocycles. The first kappa shape index (κ1) is 9.94. The Balaban J connectivity index is 2.09. The van der Waals surface area contributed by atoms with Crippen molar-refractivity contribution in [3.05, 3.63) is 49.1 Å². The van der Waals surface area contributed by atoms with Crippen LogP contribution in [0.1, 0.15) is 13.7 Å². The SMILES string of the molecule is O=C(/C=C/c1ccc[se]1)c1ccc[se]1. The molecule has 0 unspecified atom stereocenters. The zero-order valence-electron chi connectivity index (χ0n) is 7.34. The van der Waals surface area contributed by atoms with Crippen molar-refractivity contribution in [2.24, 2.45) is 0 Å². The van der Waals surface area contributed by atoms with Crippen LogP contribution in [0.2, 0.25) is 0 Å². The van der Waals surface area contributed by atoms with Gasteiger partial charge < -0.3 is 0 Å². The average Bonchev–Trinajstić information content (AvgIpc) is 2.87. The van der Waals surface area contributed by atoms with E-state index in [9.17, 15) is 4.79 Å². The van der Waals surface area contributed by atoms with E-state index in [1.165, 1.54) is 4.44 Å². The quantitative estimate of drug-likeness (QED) is 0.479. The molecule has 3 heteroatoms. The van der Waals surface area contributed by atoms with Gasteiger partial charge in [0.25, 0.3) is 0 Å². The number of rotatable bonds is 3. The van der Waals surface area contributed by atoms with Crippen LogP contribution < -0.4 is 0 Å². The Morgan fingerprint density at radius 2 is 1.93 bits per heavy atom. The Hall–Kier alpha value is -0.591. The molecule has 14 heavy (non-hydrogen) atoms. The van der Waals surface area contributed by atoms with Gasteiger partial charge in [0, 0.05) is 0 Å². The zero-order valence-corrected chi connectivity index (χ0v) is 10.8. The summed E-state index contributed by atoms with van der Waals surface area (Å²) in [5.41, 5.74) is 0. The Morgan fingerprint density at radius 1 is 1.14 bits per heavy atom. The Labute approximate surface area is 94.6 Å². The van der Waals surface area contributed by atoms with Gasteiger partial charge in [-0.15, -0.1) is 0 Å². The average molecular weight is 314 g/mol. The normalized spacial score (nSPS) is 10.9. The first-order valence-corrected chi connectivity index (χ1v) is 7.85. The first-order chi connectivity index (χ1) is 6.86. The number of hydrogen-bond donors (Lipinski definition) is 0. The monoisotopic (exact) mass is 316 g/mol. The van der Waals surface area contributed by atoms with Crippen LogP contribution >= 0.6 is 0 Å². The molecule has 2 heterocycles. The van der Waals surface area contributed by atoms with Crippen LogP contribution in [0.25, 0.3) is 6.08 Å².